The summed E-state index contributed by atoms with van der Waals surface area (Å²) >= 11 is 0. The van der Waals surface area contributed by atoms with Crippen LogP contribution in [0.1, 0.15) is 20.8 Å². The van der Waals surface area contributed by atoms with Crippen molar-refractivity contribution in [3.63, 3.8) is 0 Å². The van der Waals surface area contributed by atoms with Crippen molar-refractivity contribution in [2.45, 2.75) is 32.9 Å². The Morgan fingerprint density at radius 3 is 2.63 bits per heavy atom. The lowest BCUT2D eigenvalue weighted by Crippen LogP contribution is -2.53. The molecule has 0 atom stereocenters. The lowest BCUT2D eigenvalue weighted by molar-refractivity contribution is -0.00329. The summed E-state index contributed by atoms with van der Waals surface area (Å²) in [5.74, 6) is -0.433. The lowest BCUT2D eigenvalue weighted by atomic mass is 9.96. The molecule has 1 aliphatic rings. The fourth-order valence-electron chi connectivity index (χ4n) is 4.52. The predicted octanol–water partition coefficient (Wildman–Crippen LogP) is 4.93. The van der Waals surface area contributed by atoms with Gasteiger partial charge in [-0.1, -0.05) is 24.3 Å². The van der Waals surface area contributed by atoms with Crippen LogP contribution in [0.3, 0.4) is 0 Å². The second-order valence-corrected chi connectivity index (χ2v) is 9.99. The first-order valence-electron chi connectivity index (χ1n) is 11.5. The molecule has 0 unspecified atom stereocenters. The Hall–Kier alpha value is -3.94. The molecule has 8 heteroatoms. The van der Waals surface area contributed by atoms with Crippen LogP contribution in [-0.2, 0) is 11.3 Å². The second kappa shape index (κ2) is 8.37. The number of phenols is 1. The van der Waals surface area contributed by atoms with Crippen molar-refractivity contribution in [1.29, 1.82) is 0 Å². The summed E-state index contributed by atoms with van der Waals surface area (Å²) in [6.07, 6.45) is 0.851. The fourth-order valence-corrected chi connectivity index (χ4v) is 4.52. The van der Waals surface area contributed by atoms with E-state index in [1.54, 1.807) is 17.0 Å². The monoisotopic (exact) mass is 475 g/mol. The maximum Gasteiger partial charge on any atom is 0.410 e. The maximum atomic E-state index is 15.4. The topological polar surface area (TPSA) is 84.7 Å². The smallest absolute Gasteiger partial charge is 0.410 e. The Balaban J connectivity index is 1.47. The highest BCUT2D eigenvalue weighted by molar-refractivity contribution is 5.99. The Kier molecular flexibility index (Phi) is 5.46. The van der Waals surface area contributed by atoms with Gasteiger partial charge in [0, 0.05) is 37.2 Å². The van der Waals surface area contributed by atoms with E-state index in [1.807, 2.05) is 45.0 Å². The molecule has 180 valence electrons. The molecule has 4 aromatic rings. The second-order valence-electron chi connectivity index (χ2n) is 9.99. The molecule has 0 bridgehead atoms. The number of fused-ring (bicyclic) bond motifs is 2. The van der Waals surface area contributed by atoms with E-state index >= 15 is 4.39 Å². The summed E-state index contributed by atoms with van der Waals surface area (Å²) in [6, 6.07) is 13.5. The number of benzene rings is 3. The maximum absolute atomic E-state index is 15.4. The number of halogens is 1. The van der Waals surface area contributed by atoms with Crippen LogP contribution in [0.4, 0.5) is 9.18 Å². The standard InChI is InChI=1S/C27H26FN3O4/c1-27(2,3)35-26(34)30-13-16(14-30)15-31-24-11-22(28)21(10-23(24)29-12-25(31)33)20-9-18(32)8-17-6-4-5-7-19(17)20/h4-12,16,32H,13-15H2,1-3H3. The van der Waals surface area contributed by atoms with Crippen molar-refractivity contribution in [1.82, 2.24) is 14.5 Å². The van der Waals surface area contributed by atoms with Crippen LogP contribution in [0, 0.1) is 11.7 Å². The first-order valence-corrected chi connectivity index (χ1v) is 11.5. The van der Waals surface area contributed by atoms with Gasteiger partial charge in [0.25, 0.3) is 5.56 Å². The third-order valence-corrected chi connectivity index (χ3v) is 6.12. The van der Waals surface area contributed by atoms with Crippen molar-refractivity contribution < 1.29 is 19.0 Å². The Bertz CT molecular complexity index is 1520. The van der Waals surface area contributed by atoms with Gasteiger partial charge in [-0.2, -0.15) is 0 Å². The van der Waals surface area contributed by atoms with Crippen LogP contribution in [0.15, 0.2) is 59.5 Å². The minimum absolute atomic E-state index is 0.0376. The third kappa shape index (κ3) is 4.43. The van der Waals surface area contributed by atoms with Gasteiger partial charge in [0.15, 0.2) is 0 Å². The highest BCUT2D eigenvalue weighted by Gasteiger charge is 2.34. The molecule has 0 aliphatic carbocycles. The SMILES string of the molecule is CC(C)(C)OC(=O)N1CC(Cn2c(=O)cnc3cc(-c4cc(O)cc5ccccc45)c(F)cc32)C1. The van der Waals surface area contributed by atoms with Gasteiger partial charge in [-0.15, -0.1) is 0 Å². The number of rotatable bonds is 3. The quantitative estimate of drug-likeness (QED) is 0.454. The van der Waals surface area contributed by atoms with Crippen LogP contribution in [-0.4, -0.2) is 44.3 Å². The molecule has 5 rings (SSSR count). The van der Waals surface area contributed by atoms with E-state index in [1.165, 1.54) is 22.9 Å². The number of amides is 1. The molecule has 1 fully saturated rings. The molecule has 1 amide bonds. The molecule has 7 nitrogen and oxygen atoms in total. The molecular formula is C27H26FN3O4. The zero-order valence-electron chi connectivity index (χ0n) is 19.8. The Morgan fingerprint density at radius 1 is 1.14 bits per heavy atom. The number of carbonyl (C=O) groups excluding carboxylic acids is 1. The molecule has 3 aromatic carbocycles. The van der Waals surface area contributed by atoms with E-state index in [9.17, 15) is 14.7 Å². The molecule has 2 heterocycles. The van der Waals surface area contributed by atoms with Crippen LogP contribution in [0.25, 0.3) is 32.9 Å². The fraction of sp³-hybridized carbons (Fsp3) is 0.296. The number of ether oxygens (including phenoxy) is 1. The zero-order chi connectivity index (χ0) is 24.9. The summed E-state index contributed by atoms with van der Waals surface area (Å²) in [6.45, 7) is 6.70. The summed E-state index contributed by atoms with van der Waals surface area (Å²) in [5.41, 5.74) is 0.795. The number of hydrogen-bond acceptors (Lipinski definition) is 5. The zero-order valence-corrected chi connectivity index (χ0v) is 19.8. The van der Waals surface area contributed by atoms with E-state index in [4.69, 9.17) is 4.74 Å². The number of likely N-dealkylation sites (tertiary alicyclic amines) is 1. The van der Waals surface area contributed by atoms with E-state index < -0.39 is 11.4 Å². The Labute approximate surface area is 201 Å². The van der Waals surface area contributed by atoms with E-state index in [-0.39, 0.29) is 23.3 Å². The molecule has 1 saturated heterocycles. The van der Waals surface area contributed by atoms with Gasteiger partial charge in [0.05, 0.1) is 17.2 Å². The van der Waals surface area contributed by atoms with Gasteiger partial charge in [-0.25, -0.2) is 14.2 Å². The number of carbonyl (C=O) groups is 1. The summed E-state index contributed by atoms with van der Waals surface area (Å²) in [7, 11) is 0. The molecule has 1 N–H and O–H groups in total. The Morgan fingerprint density at radius 2 is 1.89 bits per heavy atom. The normalized spacial score (nSPS) is 14.3. The largest absolute Gasteiger partial charge is 0.508 e. The third-order valence-electron chi connectivity index (χ3n) is 6.12. The molecule has 0 spiro atoms. The van der Waals surface area contributed by atoms with Crippen molar-refractivity contribution >= 4 is 27.9 Å². The van der Waals surface area contributed by atoms with Crippen molar-refractivity contribution in [3.8, 4) is 16.9 Å². The summed E-state index contributed by atoms with van der Waals surface area (Å²) in [4.78, 5) is 30.7. The van der Waals surface area contributed by atoms with E-state index in [0.29, 0.717) is 41.8 Å². The van der Waals surface area contributed by atoms with Gasteiger partial charge in [0.1, 0.15) is 17.2 Å². The lowest BCUT2D eigenvalue weighted by Gasteiger charge is -2.40. The summed E-state index contributed by atoms with van der Waals surface area (Å²) < 4.78 is 22.3. The average molecular weight is 476 g/mol. The van der Waals surface area contributed by atoms with Crippen LogP contribution >= 0.6 is 0 Å². The van der Waals surface area contributed by atoms with Crippen LogP contribution in [0.5, 0.6) is 5.75 Å². The minimum atomic E-state index is -0.573. The van der Waals surface area contributed by atoms with Gasteiger partial charge < -0.3 is 19.3 Å². The van der Waals surface area contributed by atoms with E-state index in [0.717, 1.165) is 10.8 Å². The van der Waals surface area contributed by atoms with Gasteiger partial charge in [0.2, 0.25) is 0 Å². The number of nitrogens with zero attached hydrogens (tertiary/aromatic N) is 3. The van der Waals surface area contributed by atoms with Gasteiger partial charge >= 0.3 is 6.09 Å². The number of phenolic OH excluding ortho intramolecular Hbond substituents is 1. The molecule has 1 aliphatic heterocycles. The molecule has 1 aromatic heterocycles. The van der Waals surface area contributed by atoms with Crippen molar-refractivity contribution in [2.24, 2.45) is 5.92 Å². The predicted molar refractivity (Wildman–Crippen MR) is 132 cm³/mol. The first kappa shape index (κ1) is 22.8. The molecular weight excluding hydrogens is 449 g/mol. The molecule has 0 saturated carbocycles. The van der Waals surface area contributed by atoms with Crippen LogP contribution < -0.4 is 5.56 Å². The minimum Gasteiger partial charge on any atom is -0.508 e. The van der Waals surface area contributed by atoms with E-state index in [2.05, 4.69) is 4.98 Å². The van der Waals surface area contributed by atoms with Gasteiger partial charge in [-0.05, 0) is 55.3 Å². The first-order chi connectivity index (χ1) is 16.6. The van der Waals surface area contributed by atoms with Crippen molar-refractivity contribution in [2.75, 3.05) is 13.1 Å². The van der Waals surface area contributed by atoms with Crippen molar-refractivity contribution in [3.05, 3.63) is 70.9 Å². The highest BCUT2D eigenvalue weighted by Crippen LogP contribution is 2.35. The average Bonchev–Trinajstić information content (AvgIpc) is 2.75. The molecule has 35 heavy (non-hydrogen) atoms. The summed E-state index contributed by atoms with van der Waals surface area (Å²) in [5, 5.41) is 11.8. The number of aromatic hydroxyl groups is 1. The van der Waals surface area contributed by atoms with Gasteiger partial charge in [-0.3, -0.25) is 4.79 Å². The van der Waals surface area contributed by atoms with Crippen LogP contribution in [0.2, 0.25) is 0 Å². The molecule has 0 radical (unpaired) electrons. The highest BCUT2D eigenvalue weighted by atomic mass is 19.1. The number of hydrogen-bond donors (Lipinski definition) is 1. The number of aromatic nitrogens is 2.